The second kappa shape index (κ2) is 9.51. The van der Waals surface area contributed by atoms with Crippen LogP contribution in [0.3, 0.4) is 0 Å². The summed E-state index contributed by atoms with van der Waals surface area (Å²) in [7, 11) is 0. The van der Waals surface area contributed by atoms with Crippen molar-refractivity contribution in [2.24, 2.45) is 5.73 Å². The Balaban J connectivity index is 2.08. The number of aromatic nitrogens is 1. The molecule has 0 aliphatic carbocycles. The Morgan fingerprint density at radius 3 is 2.58 bits per heavy atom. The Labute approximate surface area is 210 Å². The summed E-state index contributed by atoms with van der Waals surface area (Å²) in [4.78, 5) is 26.3. The van der Waals surface area contributed by atoms with Crippen molar-refractivity contribution >= 4 is 66.6 Å². The van der Waals surface area contributed by atoms with E-state index in [2.05, 4.69) is 37.9 Å². The SMILES string of the molecule is CCOC(=O)C1=C(N)n2c(s/c(=C\c3cccc(Br)c3)c2=O)=C(C#N)[C@H]1c1cccc(Br)c1. The van der Waals surface area contributed by atoms with Gasteiger partial charge in [-0.2, -0.15) is 5.26 Å². The van der Waals surface area contributed by atoms with Crippen molar-refractivity contribution in [2.75, 3.05) is 6.61 Å². The molecule has 0 amide bonds. The van der Waals surface area contributed by atoms with E-state index >= 15 is 0 Å². The summed E-state index contributed by atoms with van der Waals surface area (Å²) in [6, 6.07) is 17.0. The number of carbonyl (C=O) groups is 1. The predicted octanol–water partition coefficient (Wildman–Crippen LogP) is 3.43. The molecular weight excluding hydrogens is 570 g/mol. The molecule has 3 aromatic rings. The number of hydrogen-bond donors (Lipinski definition) is 1. The van der Waals surface area contributed by atoms with Crippen LogP contribution >= 0.6 is 43.2 Å². The first-order valence-corrected chi connectivity index (χ1v) is 12.3. The molecule has 33 heavy (non-hydrogen) atoms. The molecule has 0 unspecified atom stereocenters. The van der Waals surface area contributed by atoms with E-state index in [4.69, 9.17) is 10.5 Å². The van der Waals surface area contributed by atoms with E-state index in [-0.39, 0.29) is 23.6 Å². The Morgan fingerprint density at radius 2 is 1.94 bits per heavy atom. The summed E-state index contributed by atoms with van der Waals surface area (Å²) in [6.07, 6.45) is 1.74. The molecule has 1 aromatic heterocycles. The largest absolute Gasteiger partial charge is 0.463 e. The topological polar surface area (TPSA) is 98.1 Å². The highest BCUT2D eigenvalue weighted by atomic mass is 79.9. The molecule has 166 valence electrons. The second-order valence-corrected chi connectivity index (χ2v) is 10.0. The highest BCUT2D eigenvalue weighted by Gasteiger charge is 2.36. The monoisotopic (exact) mass is 585 g/mol. The molecule has 2 N–H and O–H groups in total. The van der Waals surface area contributed by atoms with Gasteiger partial charge in [0.2, 0.25) is 0 Å². The van der Waals surface area contributed by atoms with Gasteiger partial charge in [0.15, 0.2) is 0 Å². The van der Waals surface area contributed by atoms with Gasteiger partial charge in [0, 0.05) is 8.95 Å². The van der Waals surface area contributed by atoms with Gasteiger partial charge in [-0.15, -0.1) is 11.3 Å². The maximum absolute atomic E-state index is 13.3. The molecule has 1 atom stereocenters. The molecule has 2 aromatic carbocycles. The first-order valence-electron chi connectivity index (χ1n) is 9.91. The first kappa shape index (κ1) is 23.2. The third kappa shape index (κ3) is 4.34. The zero-order chi connectivity index (χ0) is 23.7. The summed E-state index contributed by atoms with van der Waals surface area (Å²) in [5.74, 6) is -1.44. The molecule has 0 bridgehead atoms. The number of carbonyl (C=O) groups excluding carboxylic acids is 1. The lowest BCUT2D eigenvalue weighted by molar-refractivity contribution is -0.138. The summed E-state index contributed by atoms with van der Waals surface area (Å²) in [5.41, 5.74) is 7.88. The fraction of sp³-hybridized carbons (Fsp3) is 0.125. The normalized spacial score (nSPS) is 15.9. The van der Waals surface area contributed by atoms with E-state index in [1.807, 2.05) is 48.5 Å². The van der Waals surface area contributed by atoms with Crippen molar-refractivity contribution in [3.8, 4) is 6.07 Å². The molecule has 2 heterocycles. The second-order valence-electron chi connectivity index (χ2n) is 7.14. The third-order valence-corrected chi connectivity index (χ3v) is 7.19. The van der Waals surface area contributed by atoms with Crippen LogP contribution in [0.4, 0.5) is 0 Å². The number of nitrogens with two attached hydrogens (primary N) is 1. The molecule has 9 heteroatoms. The van der Waals surface area contributed by atoms with Crippen LogP contribution in [0.15, 0.2) is 67.8 Å². The van der Waals surface area contributed by atoms with E-state index < -0.39 is 17.4 Å². The van der Waals surface area contributed by atoms with Gasteiger partial charge in [-0.25, -0.2) is 4.79 Å². The number of ether oxygens (including phenoxy) is 1. The van der Waals surface area contributed by atoms with Crippen molar-refractivity contribution in [2.45, 2.75) is 12.8 Å². The number of fused-ring (bicyclic) bond motifs is 1. The van der Waals surface area contributed by atoms with Crippen molar-refractivity contribution in [1.29, 1.82) is 5.26 Å². The molecule has 1 aliphatic heterocycles. The van der Waals surface area contributed by atoms with Gasteiger partial charge in [-0.05, 0) is 48.4 Å². The van der Waals surface area contributed by atoms with Gasteiger partial charge in [-0.3, -0.25) is 9.36 Å². The van der Waals surface area contributed by atoms with E-state index in [1.54, 1.807) is 13.0 Å². The molecule has 0 saturated carbocycles. The predicted molar refractivity (Wildman–Crippen MR) is 135 cm³/mol. The van der Waals surface area contributed by atoms with Crippen LogP contribution in [0.1, 0.15) is 24.0 Å². The average Bonchev–Trinajstić information content (AvgIpc) is 3.10. The number of esters is 1. The van der Waals surface area contributed by atoms with E-state index in [9.17, 15) is 14.9 Å². The number of nitriles is 1. The van der Waals surface area contributed by atoms with Crippen LogP contribution in [0.5, 0.6) is 0 Å². The molecule has 0 fully saturated rings. The van der Waals surface area contributed by atoms with Gasteiger partial charge in [-0.1, -0.05) is 56.1 Å². The third-order valence-electron chi connectivity index (χ3n) is 5.09. The summed E-state index contributed by atoms with van der Waals surface area (Å²) in [5, 5.41) is 10.1. The Bertz CT molecular complexity index is 1530. The van der Waals surface area contributed by atoms with Crippen LogP contribution in [0, 0.1) is 11.3 Å². The number of halogens is 2. The molecule has 4 rings (SSSR count). The quantitative estimate of drug-likeness (QED) is 0.472. The van der Waals surface area contributed by atoms with Crippen molar-refractivity contribution in [1.82, 2.24) is 4.57 Å². The lowest BCUT2D eigenvalue weighted by Crippen LogP contribution is -2.40. The van der Waals surface area contributed by atoms with Crippen LogP contribution in [-0.2, 0) is 9.53 Å². The maximum Gasteiger partial charge on any atom is 0.338 e. The maximum atomic E-state index is 13.3. The zero-order valence-corrected chi connectivity index (χ0v) is 21.3. The smallest absolute Gasteiger partial charge is 0.338 e. The summed E-state index contributed by atoms with van der Waals surface area (Å²) >= 11 is 8.05. The zero-order valence-electron chi connectivity index (χ0n) is 17.3. The Kier molecular flexibility index (Phi) is 6.70. The van der Waals surface area contributed by atoms with Crippen LogP contribution in [-0.4, -0.2) is 17.1 Å². The van der Waals surface area contributed by atoms with Gasteiger partial charge < -0.3 is 10.5 Å². The molecule has 6 nitrogen and oxygen atoms in total. The van der Waals surface area contributed by atoms with Gasteiger partial charge in [0.05, 0.1) is 34.3 Å². The highest BCUT2D eigenvalue weighted by molar-refractivity contribution is 9.10. The number of rotatable bonds is 4. The Hall–Kier alpha value is -2.93. The van der Waals surface area contributed by atoms with E-state index in [1.165, 1.54) is 15.9 Å². The Morgan fingerprint density at radius 1 is 1.24 bits per heavy atom. The van der Waals surface area contributed by atoms with Crippen molar-refractivity contribution in [3.63, 3.8) is 0 Å². The molecule has 0 saturated heterocycles. The van der Waals surface area contributed by atoms with Crippen LogP contribution in [0.2, 0.25) is 0 Å². The van der Waals surface area contributed by atoms with Gasteiger partial charge in [0.1, 0.15) is 10.5 Å². The minimum absolute atomic E-state index is 0.0254. The van der Waals surface area contributed by atoms with E-state index in [0.29, 0.717) is 14.8 Å². The van der Waals surface area contributed by atoms with Crippen LogP contribution < -0.4 is 20.5 Å². The van der Waals surface area contributed by atoms with E-state index in [0.717, 1.165) is 14.5 Å². The fourth-order valence-corrected chi connectivity index (χ4v) is 5.69. The highest BCUT2D eigenvalue weighted by Crippen LogP contribution is 2.37. The molecule has 0 radical (unpaired) electrons. The number of thiazole rings is 1. The van der Waals surface area contributed by atoms with Gasteiger partial charge in [0.25, 0.3) is 5.56 Å². The minimum Gasteiger partial charge on any atom is -0.463 e. The lowest BCUT2D eigenvalue weighted by Gasteiger charge is -2.25. The molecule has 1 aliphatic rings. The molecule has 0 spiro atoms. The van der Waals surface area contributed by atoms with Crippen LogP contribution in [0.25, 0.3) is 17.5 Å². The van der Waals surface area contributed by atoms with Crippen molar-refractivity contribution in [3.05, 3.63) is 93.7 Å². The number of hydrogen-bond acceptors (Lipinski definition) is 6. The van der Waals surface area contributed by atoms with Crippen molar-refractivity contribution < 1.29 is 9.53 Å². The standard InChI is InChI=1S/C24H17Br2N3O3S/c1-2-32-24(31)20-19(14-6-4-8-16(26)11-14)17(12-27)23-29(21(20)28)22(30)18(33-23)10-13-5-3-7-15(25)9-13/h3-11,19H,2,28H2,1H3/b18-10-/t19-/m1/s1. The average molecular weight is 587 g/mol. The first-order chi connectivity index (χ1) is 15.8. The minimum atomic E-state index is -0.761. The lowest BCUT2D eigenvalue weighted by atomic mass is 9.84. The van der Waals surface area contributed by atoms with Gasteiger partial charge >= 0.3 is 5.97 Å². The fourth-order valence-electron chi connectivity index (χ4n) is 3.73. The summed E-state index contributed by atoms with van der Waals surface area (Å²) in [6.45, 7) is 1.82. The number of benzene rings is 2. The number of nitrogens with zero attached hydrogens (tertiary/aromatic N) is 2. The summed E-state index contributed by atoms with van der Waals surface area (Å²) < 4.78 is 8.97. The molecular formula is C24H17Br2N3O3S.